The smallest absolute Gasteiger partial charge is 0.341 e. The normalized spacial score (nSPS) is 23.6. The van der Waals surface area contributed by atoms with E-state index in [1.165, 1.54) is 18.4 Å². The predicted molar refractivity (Wildman–Crippen MR) is 124 cm³/mol. The average Bonchev–Trinajstić information content (AvgIpc) is 3.11. The standard InChI is InChI=1S/C23H31N3O7S/c1-12-7-22(4,5)11-23(8-12)20(30)26(21(31)25-23)9-16(28)33-10-15(27)24-18-17(19(29)32-6)13(2)14(3)34-18/h12H,7-11H2,1-6H3,(H,24,27)(H,25,31). The molecule has 1 spiro atoms. The van der Waals surface area contributed by atoms with E-state index < -0.39 is 48.5 Å². The van der Waals surface area contributed by atoms with Gasteiger partial charge in [0, 0.05) is 4.88 Å². The molecule has 1 aliphatic carbocycles. The molecular weight excluding hydrogens is 462 g/mol. The van der Waals surface area contributed by atoms with Crippen LogP contribution >= 0.6 is 11.3 Å². The molecule has 186 valence electrons. The number of esters is 2. The SMILES string of the molecule is COC(=O)c1c(NC(=O)COC(=O)CN2C(=O)NC3(CC(C)CC(C)(C)C3)C2=O)sc(C)c1C. The maximum absolute atomic E-state index is 13.1. The van der Waals surface area contributed by atoms with Crippen molar-refractivity contribution in [2.45, 2.75) is 59.4 Å². The Kier molecular flexibility index (Phi) is 7.07. The fourth-order valence-electron chi connectivity index (χ4n) is 5.20. The van der Waals surface area contributed by atoms with E-state index in [1.54, 1.807) is 13.8 Å². The number of aryl methyl sites for hydroxylation is 1. The number of urea groups is 1. The first kappa shape index (κ1) is 25.7. The van der Waals surface area contributed by atoms with Crippen molar-refractivity contribution in [2.75, 3.05) is 25.6 Å². The molecule has 2 N–H and O–H groups in total. The number of nitrogens with one attached hydrogen (secondary N) is 2. The van der Waals surface area contributed by atoms with Crippen molar-refractivity contribution in [3.05, 3.63) is 16.0 Å². The van der Waals surface area contributed by atoms with Crippen molar-refractivity contribution in [1.82, 2.24) is 10.2 Å². The average molecular weight is 494 g/mol. The summed E-state index contributed by atoms with van der Waals surface area (Å²) in [7, 11) is 1.25. The number of carbonyl (C=O) groups excluding carboxylic acids is 5. The Hall–Kier alpha value is -2.95. The van der Waals surface area contributed by atoms with E-state index >= 15 is 0 Å². The minimum Gasteiger partial charge on any atom is -0.465 e. The van der Waals surface area contributed by atoms with Gasteiger partial charge in [0.2, 0.25) is 0 Å². The molecule has 34 heavy (non-hydrogen) atoms. The van der Waals surface area contributed by atoms with Gasteiger partial charge in [-0.05, 0) is 50.0 Å². The van der Waals surface area contributed by atoms with Crippen LogP contribution in [0.1, 0.15) is 60.8 Å². The lowest BCUT2D eigenvalue weighted by molar-refractivity contribution is -0.150. The third-order valence-electron chi connectivity index (χ3n) is 6.30. The van der Waals surface area contributed by atoms with Gasteiger partial charge in [-0.15, -0.1) is 11.3 Å². The number of ether oxygens (including phenoxy) is 2. The molecule has 2 atom stereocenters. The molecule has 1 aliphatic heterocycles. The van der Waals surface area contributed by atoms with Crippen LogP contribution in [0.3, 0.4) is 0 Å². The summed E-state index contributed by atoms with van der Waals surface area (Å²) in [5.41, 5.74) is -0.206. The molecule has 1 saturated heterocycles. The Bertz CT molecular complexity index is 1050. The lowest BCUT2D eigenvalue weighted by atomic mass is 9.64. The molecule has 0 bridgehead atoms. The summed E-state index contributed by atoms with van der Waals surface area (Å²) in [6.07, 6.45) is 1.94. The van der Waals surface area contributed by atoms with Crippen LogP contribution in [0.25, 0.3) is 0 Å². The first-order valence-corrected chi connectivity index (χ1v) is 11.9. The van der Waals surface area contributed by atoms with Gasteiger partial charge in [0.25, 0.3) is 11.8 Å². The zero-order chi connectivity index (χ0) is 25.4. The largest absolute Gasteiger partial charge is 0.465 e. The topological polar surface area (TPSA) is 131 Å². The molecule has 2 unspecified atom stereocenters. The Labute approximate surface area is 202 Å². The number of carbonyl (C=O) groups is 5. The van der Waals surface area contributed by atoms with Crippen LogP contribution < -0.4 is 10.6 Å². The van der Waals surface area contributed by atoms with Crippen LogP contribution in [0, 0.1) is 25.2 Å². The van der Waals surface area contributed by atoms with E-state index in [4.69, 9.17) is 9.47 Å². The second-order valence-electron chi connectivity index (χ2n) is 9.95. The molecule has 1 aromatic heterocycles. The van der Waals surface area contributed by atoms with E-state index in [2.05, 4.69) is 24.5 Å². The van der Waals surface area contributed by atoms with E-state index in [1.807, 2.05) is 6.92 Å². The van der Waals surface area contributed by atoms with Gasteiger partial charge in [-0.1, -0.05) is 20.8 Å². The summed E-state index contributed by atoms with van der Waals surface area (Å²) in [6.45, 7) is 8.49. The third kappa shape index (κ3) is 5.08. The second-order valence-corrected chi connectivity index (χ2v) is 11.2. The van der Waals surface area contributed by atoms with Crippen molar-refractivity contribution >= 4 is 46.1 Å². The molecule has 4 amide bonds. The van der Waals surface area contributed by atoms with Crippen molar-refractivity contribution in [3.8, 4) is 0 Å². The Balaban J connectivity index is 1.59. The highest BCUT2D eigenvalue weighted by atomic mass is 32.1. The van der Waals surface area contributed by atoms with Gasteiger partial charge in [0.05, 0.1) is 12.7 Å². The van der Waals surface area contributed by atoms with Gasteiger partial charge in [-0.3, -0.25) is 19.3 Å². The Morgan fingerprint density at radius 2 is 1.88 bits per heavy atom. The number of nitrogens with zero attached hydrogens (tertiary/aromatic N) is 1. The minimum absolute atomic E-state index is 0.128. The fourth-order valence-corrected chi connectivity index (χ4v) is 6.26. The summed E-state index contributed by atoms with van der Waals surface area (Å²) >= 11 is 1.21. The van der Waals surface area contributed by atoms with E-state index in [9.17, 15) is 24.0 Å². The molecule has 2 aliphatic rings. The quantitative estimate of drug-likeness (QED) is 0.460. The van der Waals surface area contributed by atoms with Gasteiger partial charge < -0.3 is 20.1 Å². The van der Waals surface area contributed by atoms with Crippen LogP contribution in [0.4, 0.5) is 9.80 Å². The zero-order valence-corrected chi connectivity index (χ0v) is 21.1. The Morgan fingerprint density at radius 1 is 1.21 bits per heavy atom. The number of anilines is 1. The molecule has 1 aromatic rings. The highest BCUT2D eigenvalue weighted by Crippen LogP contribution is 2.46. The van der Waals surface area contributed by atoms with Crippen molar-refractivity contribution in [3.63, 3.8) is 0 Å². The number of methoxy groups -OCH3 is 1. The molecule has 0 aromatic carbocycles. The maximum Gasteiger partial charge on any atom is 0.341 e. The number of hydrogen-bond acceptors (Lipinski definition) is 8. The van der Waals surface area contributed by atoms with E-state index in [0.29, 0.717) is 23.4 Å². The van der Waals surface area contributed by atoms with Crippen molar-refractivity contribution in [2.24, 2.45) is 11.3 Å². The number of thiophene rings is 1. The lowest BCUT2D eigenvalue weighted by Crippen LogP contribution is -2.54. The molecule has 2 heterocycles. The molecule has 10 nitrogen and oxygen atoms in total. The van der Waals surface area contributed by atoms with E-state index in [-0.39, 0.29) is 16.9 Å². The molecular formula is C23H31N3O7S. The summed E-state index contributed by atoms with van der Waals surface area (Å²) in [5, 5.41) is 5.65. The summed E-state index contributed by atoms with van der Waals surface area (Å²) in [5.74, 6) is -2.32. The monoisotopic (exact) mass is 493 g/mol. The van der Waals surface area contributed by atoms with Crippen LogP contribution in [-0.2, 0) is 23.9 Å². The lowest BCUT2D eigenvalue weighted by Gasteiger charge is -2.43. The van der Waals surface area contributed by atoms with Crippen molar-refractivity contribution in [1.29, 1.82) is 0 Å². The van der Waals surface area contributed by atoms with Gasteiger partial charge in [0.15, 0.2) is 6.61 Å². The fraction of sp³-hybridized carbons (Fsp3) is 0.609. The predicted octanol–water partition coefficient (Wildman–Crippen LogP) is 2.77. The molecule has 11 heteroatoms. The molecule has 1 saturated carbocycles. The molecule has 2 fully saturated rings. The Morgan fingerprint density at radius 3 is 2.50 bits per heavy atom. The first-order valence-electron chi connectivity index (χ1n) is 11.1. The van der Waals surface area contributed by atoms with Crippen LogP contribution in [-0.4, -0.2) is 60.5 Å². The van der Waals surface area contributed by atoms with E-state index in [0.717, 1.165) is 16.2 Å². The highest BCUT2D eigenvalue weighted by Gasteiger charge is 2.56. The van der Waals surface area contributed by atoms with Crippen LogP contribution in [0.15, 0.2) is 0 Å². The number of amides is 4. The van der Waals surface area contributed by atoms with Gasteiger partial charge >= 0.3 is 18.0 Å². The van der Waals surface area contributed by atoms with Gasteiger partial charge in [-0.2, -0.15) is 0 Å². The molecule has 0 radical (unpaired) electrons. The first-order chi connectivity index (χ1) is 15.8. The van der Waals surface area contributed by atoms with Crippen LogP contribution in [0.2, 0.25) is 0 Å². The summed E-state index contributed by atoms with van der Waals surface area (Å²) < 4.78 is 9.77. The second kappa shape index (κ2) is 9.36. The number of imide groups is 1. The maximum atomic E-state index is 13.1. The minimum atomic E-state index is -1.02. The van der Waals surface area contributed by atoms with Gasteiger partial charge in [0.1, 0.15) is 17.1 Å². The zero-order valence-electron chi connectivity index (χ0n) is 20.3. The third-order valence-corrected chi connectivity index (χ3v) is 7.43. The summed E-state index contributed by atoms with van der Waals surface area (Å²) in [6, 6.07) is -0.636. The van der Waals surface area contributed by atoms with Crippen LogP contribution in [0.5, 0.6) is 0 Å². The molecule has 3 rings (SSSR count). The number of hydrogen-bond donors (Lipinski definition) is 2. The number of rotatable bonds is 6. The van der Waals surface area contributed by atoms with Gasteiger partial charge in [-0.25, -0.2) is 9.59 Å². The summed E-state index contributed by atoms with van der Waals surface area (Å²) in [4.78, 5) is 64.0. The highest BCUT2D eigenvalue weighted by molar-refractivity contribution is 7.16. The van der Waals surface area contributed by atoms with Crippen molar-refractivity contribution < 1.29 is 33.4 Å².